The molecular formula is C17H24N2O2. The Hall–Kier alpha value is -1.55. The zero-order valence-corrected chi connectivity index (χ0v) is 12.6. The van der Waals surface area contributed by atoms with E-state index < -0.39 is 0 Å². The van der Waals surface area contributed by atoms with Crippen LogP contribution in [-0.4, -0.2) is 24.7 Å². The highest BCUT2D eigenvalue weighted by molar-refractivity contribution is 5.95. The van der Waals surface area contributed by atoms with Crippen molar-refractivity contribution in [3.8, 4) is 0 Å². The Kier molecular flexibility index (Phi) is 3.89. The first kappa shape index (κ1) is 14.4. The molecule has 1 spiro atoms. The van der Waals surface area contributed by atoms with Gasteiger partial charge in [0.05, 0.1) is 6.10 Å². The third-order valence-corrected chi connectivity index (χ3v) is 5.14. The van der Waals surface area contributed by atoms with Crippen molar-refractivity contribution in [3.05, 3.63) is 29.8 Å². The van der Waals surface area contributed by atoms with Crippen molar-refractivity contribution < 1.29 is 9.53 Å². The molecule has 2 atom stereocenters. The molecule has 114 valence electrons. The molecule has 0 aliphatic heterocycles. The molecule has 0 bridgehead atoms. The molecule has 1 amide bonds. The molecule has 0 saturated heterocycles. The van der Waals surface area contributed by atoms with Crippen LogP contribution in [0.3, 0.4) is 0 Å². The van der Waals surface area contributed by atoms with Crippen LogP contribution in [0.1, 0.15) is 49.4 Å². The fraction of sp³-hybridized carbons (Fsp3) is 0.588. The third-order valence-electron chi connectivity index (χ3n) is 5.14. The van der Waals surface area contributed by atoms with E-state index in [9.17, 15) is 4.79 Å². The molecular weight excluding hydrogens is 264 g/mol. The van der Waals surface area contributed by atoms with Gasteiger partial charge < -0.3 is 15.8 Å². The summed E-state index contributed by atoms with van der Waals surface area (Å²) in [6.45, 7) is 2.80. The Morgan fingerprint density at radius 1 is 1.43 bits per heavy atom. The van der Waals surface area contributed by atoms with E-state index in [4.69, 9.17) is 10.5 Å². The molecule has 1 aromatic carbocycles. The number of rotatable bonds is 4. The molecule has 4 nitrogen and oxygen atoms in total. The summed E-state index contributed by atoms with van der Waals surface area (Å²) in [6.07, 6.45) is 6.07. The second-order valence-corrected chi connectivity index (χ2v) is 6.27. The smallest absolute Gasteiger partial charge is 0.251 e. The van der Waals surface area contributed by atoms with E-state index in [0.717, 1.165) is 13.0 Å². The number of anilines is 1. The Bertz CT molecular complexity index is 523. The minimum Gasteiger partial charge on any atom is -0.399 e. The zero-order chi connectivity index (χ0) is 14.9. The van der Waals surface area contributed by atoms with Gasteiger partial charge in [0.1, 0.15) is 0 Å². The summed E-state index contributed by atoms with van der Waals surface area (Å²) in [4.78, 5) is 12.4. The van der Waals surface area contributed by atoms with Gasteiger partial charge in [-0.05, 0) is 44.4 Å². The maximum absolute atomic E-state index is 12.4. The lowest BCUT2D eigenvalue weighted by atomic mass is 9.60. The fourth-order valence-corrected chi connectivity index (χ4v) is 4.01. The number of benzene rings is 1. The van der Waals surface area contributed by atoms with Crippen LogP contribution in [0.25, 0.3) is 0 Å². The predicted octanol–water partition coefficient (Wildman–Crippen LogP) is 2.74. The van der Waals surface area contributed by atoms with Crippen molar-refractivity contribution in [2.45, 2.75) is 51.2 Å². The molecule has 2 saturated carbocycles. The Morgan fingerprint density at radius 3 is 2.86 bits per heavy atom. The van der Waals surface area contributed by atoms with Crippen LogP contribution in [0, 0.1) is 5.41 Å². The summed E-state index contributed by atoms with van der Waals surface area (Å²) in [6, 6.07) is 7.40. The molecule has 0 aromatic heterocycles. The maximum Gasteiger partial charge on any atom is 0.251 e. The number of ether oxygens (including phenoxy) is 1. The summed E-state index contributed by atoms with van der Waals surface area (Å²) in [5.74, 6) is -0.0199. The first-order valence-corrected chi connectivity index (χ1v) is 7.94. The van der Waals surface area contributed by atoms with E-state index in [0.29, 0.717) is 17.4 Å². The number of carbonyl (C=O) groups is 1. The van der Waals surface area contributed by atoms with Gasteiger partial charge in [-0.25, -0.2) is 0 Å². The molecule has 2 aliphatic rings. The second-order valence-electron chi connectivity index (χ2n) is 6.27. The van der Waals surface area contributed by atoms with Gasteiger partial charge in [0.2, 0.25) is 0 Å². The van der Waals surface area contributed by atoms with Gasteiger partial charge in [-0.15, -0.1) is 0 Å². The highest BCUT2D eigenvalue weighted by atomic mass is 16.5. The number of nitrogens with one attached hydrogen (secondary N) is 1. The summed E-state index contributed by atoms with van der Waals surface area (Å²) < 4.78 is 5.88. The lowest BCUT2D eigenvalue weighted by Gasteiger charge is -2.54. The molecule has 0 radical (unpaired) electrons. The van der Waals surface area contributed by atoms with Crippen molar-refractivity contribution in [1.29, 1.82) is 0 Å². The maximum atomic E-state index is 12.4. The van der Waals surface area contributed by atoms with E-state index in [1.807, 2.05) is 19.1 Å². The van der Waals surface area contributed by atoms with Gasteiger partial charge in [0.15, 0.2) is 0 Å². The van der Waals surface area contributed by atoms with E-state index >= 15 is 0 Å². The topological polar surface area (TPSA) is 64.3 Å². The number of hydrogen-bond acceptors (Lipinski definition) is 3. The highest BCUT2D eigenvalue weighted by Gasteiger charge is 2.57. The van der Waals surface area contributed by atoms with E-state index in [1.54, 1.807) is 12.1 Å². The van der Waals surface area contributed by atoms with E-state index in [1.165, 1.54) is 25.7 Å². The van der Waals surface area contributed by atoms with Crippen LogP contribution >= 0.6 is 0 Å². The lowest BCUT2D eigenvalue weighted by molar-refractivity contribution is -0.127. The van der Waals surface area contributed by atoms with Gasteiger partial charge in [0, 0.05) is 29.3 Å². The zero-order valence-electron chi connectivity index (χ0n) is 12.6. The summed E-state index contributed by atoms with van der Waals surface area (Å²) in [5, 5.41) is 3.21. The molecule has 2 aliphatic carbocycles. The number of amides is 1. The number of hydrogen-bond donors (Lipinski definition) is 2. The first-order chi connectivity index (χ1) is 10.2. The Balaban J connectivity index is 1.69. The van der Waals surface area contributed by atoms with E-state index in [2.05, 4.69) is 5.32 Å². The molecule has 4 heteroatoms. The van der Waals surface area contributed by atoms with Gasteiger partial charge in [-0.2, -0.15) is 0 Å². The van der Waals surface area contributed by atoms with Gasteiger partial charge in [-0.3, -0.25) is 4.79 Å². The monoisotopic (exact) mass is 288 g/mol. The normalized spacial score (nSPS) is 26.5. The highest BCUT2D eigenvalue weighted by Crippen LogP contribution is 2.54. The molecule has 2 unspecified atom stereocenters. The second kappa shape index (κ2) is 5.68. The van der Waals surface area contributed by atoms with Crippen molar-refractivity contribution in [2.75, 3.05) is 12.3 Å². The standard InChI is InChI=1S/C17H24N2O2/c1-2-21-15-11-14(17(15)8-3-4-9-17)19-16(20)12-6-5-7-13(18)10-12/h5-7,10,14-15H,2-4,8-9,11,18H2,1H3,(H,19,20). The van der Waals surface area contributed by atoms with Crippen LogP contribution in [0.2, 0.25) is 0 Å². The average molecular weight is 288 g/mol. The van der Waals surface area contributed by atoms with Gasteiger partial charge in [0.25, 0.3) is 5.91 Å². The minimum atomic E-state index is -0.0199. The Labute approximate surface area is 126 Å². The van der Waals surface area contributed by atoms with Crippen LogP contribution in [-0.2, 0) is 4.74 Å². The van der Waals surface area contributed by atoms with Crippen molar-refractivity contribution >= 4 is 11.6 Å². The number of carbonyl (C=O) groups excluding carboxylic acids is 1. The summed E-state index contributed by atoms with van der Waals surface area (Å²) in [5.41, 5.74) is 7.19. The van der Waals surface area contributed by atoms with Gasteiger partial charge >= 0.3 is 0 Å². The first-order valence-electron chi connectivity index (χ1n) is 7.94. The van der Waals surface area contributed by atoms with Crippen LogP contribution in [0.4, 0.5) is 5.69 Å². The molecule has 2 fully saturated rings. The van der Waals surface area contributed by atoms with Crippen LogP contribution < -0.4 is 11.1 Å². The Morgan fingerprint density at radius 2 is 2.19 bits per heavy atom. The molecule has 21 heavy (non-hydrogen) atoms. The predicted molar refractivity (Wildman–Crippen MR) is 83.0 cm³/mol. The third kappa shape index (κ3) is 2.53. The molecule has 0 heterocycles. The molecule has 1 aromatic rings. The van der Waals surface area contributed by atoms with Crippen molar-refractivity contribution in [2.24, 2.45) is 5.41 Å². The number of nitrogen functional groups attached to an aromatic ring is 1. The van der Waals surface area contributed by atoms with Crippen LogP contribution in [0.5, 0.6) is 0 Å². The largest absolute Gasteiger partial charge is 0.399 e. The van der Waals surface area contributed by atoms with E-state index in [-0.39, 0.29) is 17.4 Å². The molecule has 3 rings (SSSR count). The fourth-order valence-electron chi connectivity index (χ4n) is 4.01. The number of nitrogens with two attached hydrogens (primary N) is 1. The van der Waals surface area contributed by atoms with Gasteiger partial charge in [-0.1, -0.05) is 18.9 Å². The summed E-state index contributed by atoms with van der Waals surface area (Å²) >= 11 is 0. The molecule has 3 N–H and O–H groups in total. The minimum absolute atomic E-state index is 0.0199. The lowest BCUT2D eigenvalue weighted by Crippen LogP contribution is -2.63. The van der Waals surface area contributed by atoms with Crippen molar-refractivity contribution in [1.82, 2.24) is 5.32 Å². The SMILES string of the molecule is CCOC1CC(NC(=O)c2cccc(N)c2)C12CCCC2. The average Bonchev–Trinajstić information content (AvgIpc) is 2.98. The quantitative estimate of drug-likeness (QED) is 0.837. The van der Waals surface area contributed by atoms with Crippen molar-refractivity contribution in [3.63, 3.8) is 0 Å². The summed E-state index contributed by atoms with van der Waals surface area (Å²) in [7, 11) is 0. The van der Waals surface area contributed by atoms with Crippen LogP contribution in [0.15, 0.2) is 24.3 Å².